The van der Waals surface area contributed by atoms with Crippen LogP contribution in [0.2, 0.25) is 0 Å². The molecule has 1 heterocycles. The minimum Gasteiger partial charge on any atom is -0.352 e. The highest BCUT2D eigenvalue weighted by atomic mass is 16.1. The van der Waals surface area contributed by atoms with Gasteiger partial charge >= 0.3 is 0 Å². The lowest BCUT2D eigenvalue weighted by atomic mass is 9.86. The summed E-state index contributed by atoms with van der Waals surface area (Å²) in [7, 11) is 0. The number of nitrogens with one attached hydrogen (secondary N) is 1. The largest absolute Gasteiger partial charge is 0.352 e. The van der Waals surface area contributed by atoms with Gasteiger partial charge in [0.05, 0.1) is 0 Å². The van der Waals surface area contributed by atoms with Crippen LogP contribution in [0.4, 0.5) is 0 Å². The number of hydrogen-bond acceptors (Lipinski definition) is 1. The van der Waals surface area contributed by atoms with E-state index in [-0.39, 0.29) is 5.91 Å². The first kappa shape index (κ1) is 10.2. The predicted molar refractivity (Wildman–Crippen MR) is 61.3 cm³/mol. The first-order valence-electron chi connectivity index (χ1n) is 5.52. The van der Waals surface area contributed by atoms with E-state index >= 15 is 0 Å². The topological polar surface area (TPSA) is 29.1 Å². The summed E-state index contributed by atoms with van der Waals surface area (Å²) < 4.78 is 0. The zero-order valence-electron chi connectivity index (χ0n) is 9.55. The molecule has 1 aromatic rings. The maximum absolute atomic E-state index is 11.7. The van der Waals surface area contributed by atoms with Gasteiger partial charge in [0, 0.05) is 12.1 Å². The van der Waals surface area contributed by atoms with Crippen LogP contribution in [0.25, 0.3) is 0 Å². The lowest BCUT2D eigenvalue weighted by molar-refractivity contribution is 0.0945. The van der Waals surface area contributed by atoms with Crippen LogP contribution in [0, 0.1) is 6.92 Å². The maximum Gasteiger partial charge on any atom is 0.251 e. The Morgan fingerprint density at radius 3 is 2.73 bits per heavy atom. The van der Waals surface area contributed by atoms with Crippen LogP contribution in [0.3, 0.4) is 0 Å². The fourth-order valence-corrected chi connectivity index (χ4v) is 2.46. The lowest BCUT2D eigenvalue weighted by Gasteiger charge is -2.23. The number of rotatable bonds is 1. The van der Waals surface area contributed by atoms with E-state index in [0.717, 1.165) is 18.5 Å². The molecule has 1 aliphatic rings. The standard InChI is InChI=1S/C13H17NO/c1-8(2)12-9(3)4-5-11-10(12)6-7-14-13(11)15/h4-5,8H,6-7H2,1-3H3,(H,14,15). The molecule has 0 radical (unpaired) electrons. The maximum atomic E-state index is 11.7. The van der Waals surface area contributed by atoms with Gasteiger partial charge in [0.25, 0.3) is 5.91 Å². The minimum absolute atomic E-state index is 0.0816. The average molecular weight is 203 g/mol. The van der Waals surface area contributed by atoms with Gasteiger partial charge in [0.15, 0.2) is 0 Å². The highest BCUT2D eigenvalue weighted by Crippen LogP contribution is 2.28. The molecule has 1 N–H and O–H groups in total. The summed E-state index contributed by atoms with van der Waals surface area (Å²) in [6.07, 6.45) is 0.969. The summed E-state index contributed by atoms with van der Waals surface area (Å²) in [5, 5.41) is 2.88. The number of fused-ring (bicyclic) bond motifs is 1. The fourth-order valence-electron chi connectivity index (χ4n) is 2.46. The van der Waals surface area contributed by atoms with Crippen LogP contribution in [-0.2, 0) is 6.42 Å². The van der Waals surface area contributed by atoms with Crippen molar-refractivity contribution in [2.75, 3.05) is 6.54 Å². The smallest absolute Gasteiger partial charge is 0.251 e. The first-order chi connectivity index (χ1) is 7.11. The Kier molecular flexibility index (Phi) is 2.51. The Labute approximate surface area is 90.7 Å². The molecule has 0 unspecified atom stereocenters. The second-order valence-electron chi connectivity index (χ2n) is 4.48. The number of aryl methyl sites for hydroxylation is 1. The molecule has 2 rings (SSSR count). The van der Waals surface area contributed by atoms with Gasteiger partial charge < -0.3 is 5.32 Å². The molecule has 0 saturated heterocycles. The zero-order chi connectivity index (χ0) is 11.0. The van der Waals surface area contributed by atoms with Crippen molar-refractivity contribution in [3.63, 3.8) is 0 Å². The molecule has 1 aliphatic heterocycles. The molecule has 0 spiro atoms. The third kappa shape index (κ3) is 1.65. The van der Waals surface area contributed by atoms with Gasteiger partial charge in [-0.2, -0.15) is 0 Å². The van der Waals surface area contributed by atoms with Crippen molar-refractivity contribution >= 4 is 5.91 Å². The van der Waals surface area contributed by atoms with Gasteiger partial charge in [-0.1, -0.05) is 19.9 Å². The molecule has 80 valence electrons. The number of hydrogen-bond donors (Lipinski definition) is 1. The molecule has 0 saturated carbocycles. The van der Waals surface area contributed by atoms with Gasteiger partial charge in [0.2, 0.25) is 0 Å². The van der Waals surface area contributed by atoms with E-state index in [4.69, 9.17) is 0 Å². The van der Waals surface area contributed by atoms with Gasteiger partial charge in [-0.25, -0.2) is 0 Å². The second kappa shape index (κ2) is 3.69. The summed E-state index contributed by atoms with van der Waals surface area (Å²) in [5.74, 6) is 0.573. The lowest BCUT2D eigenvalue weighted by Crippen LogP contribution is -2.32. The van der Waals surface area contributed by atoms with Crippen molar-refractivity contribution in [1.82, 2.24) is 5.32 Å². The first-order valence-corrected chi connectivity index (χ1v) is 5.52. The van der Waals surface area contributed by atoms with Gasteiger partial charge in [0.1, 0.15) is 0 Å². The molecule has 1 aromatic carbocycles. The normalized spacial score (nSPS) is 15.1. The summed E-state index contributed by atoms with van der Waals surface area (Å²) in [5.41, 5.74) is 4.80. The van der Waals surface area contributed by atoms with E-state index in [9.17, 15) is 4.79 Å². The Hall–Kier alpha value is -1.31. The molecular weight excluding hydrogens is 186 g/mol. The quantitative estimate of drug-likeness (QED) is 0.746. The van der Waals surface area contributed by atoms with Crippen molar-refractivity contribution < 1.29 is 4.79 Å². The van der Waals surface area contributed by atoms with E-state index in [2.05, 4.69) is 32.2 Å². The third-order valence-corrected chi connectivity index (χ3v) is 3.06. The fraction of sp³-hybridized carbons (Fsp3) is 0.462. The Morgan fingerprint density at radius 2 is 2.07 bits per heavy atom. The molecule has 0 aromatic heterocycles. The molecule has 2 heteroatoms. The summed E-state index contributed by atoms with van der Waals surface area (Å²) in [4.78, 5) is 11.7. The molecule has 1 amide bonds. The van der Waals surface area contributed by atoms with Gasteiger partial charge in [-0.15, -0.1) is 0 Å². The number of carbonyl (C=O) groups is 1. The third-order valence-electron chi connectivity index (χ3n) is 3.06. The average Bonchev–Trinajstić information content (AvgIpc) is 2.17. The van der Waals surface area contributed by atoms with Crippen LogP contribution >= 0.6 is 0 Å². The van der Waals surface area contributed by atoms with Gasteiger partial charge in [-0.05, 0) is 42.0 Å². The Balaban J connectivity index is 2.63. The Morgan fingerprint density at radius 1 is 1.33 bits per heavy atom. The van der Waals surface area contributed by atoms with E-state index < -0.39 is 0 Å². The molecule has 0 atom stereocenters. The second-order valence-corrected chi connectivity index (χ2v) is 4.48. The molecule has 15 heavy (non-hydrogen) atoms. The monoisotopic (exact) mass is 203 g/mol. The van der Waals surface area contributed by atoms with E-state index in [1.165, 1.54) is 16.7 Å². The van der Waals surface area contributed by atoms with Crippen LogP contribution in [-0.4, -0.2) is 12.5 Å². The van der Waals surface area contributed by atoms with Gasteiger partial charge in [-0.3, -0.25) is 4.79 Å². The SMILES string of the molecule is Cc1ccc2c(c1C(C)C)CCNC2=O. The highest BCUT2D eigenvalue weighted by Gasteiger charge is 2.21. The summed E-state index contributed by atoms with van der Waals surface area (Å²) in [6, 6.07) is 4.00. The van der Waals surface area contributed by atoms with E-state index in [1.807, 2.05) is 6.07 Å². The van der Waals surface area contributed by atoms with Crippen molar-refractivity contribution in [3.8, 4) is 0 Å². The van der Waals surface area contributed by atoms with Crippen LogP contribution in [0.15, 0.2) is 12.1 Å². The number of benzene rings is 1. The highest BCUT2D eigenvalue weighted by molar-refractivity contribution is 5.97. The van der Waals surface area contributed by atoms with E-state index in [1.54, 1.807) is 0 Å². The van der Waals surface area contributed by atoms with Crippen molar-refractivity contribution in [1.29, 1.82) is 0 Å². The van der Waals surface area contributed by atoms with Crippen LogP contribution in [0.5, 0.6) is 0 Å². The number of amides is 1. The van der Waals surface area contributed by atoms with Crippen molar-refractivity contribution in [3.05, 3.63) is 34.4 Å². The number of carbonyl (C=O) groups excluding carboxylic acids is 1. The summed E-state index contributed by atoms with van der Waals surface area (Å²) >= 11 is 0. The van der Waals surface area contributed by atoms with Crippen molar-refractivity contribution in [2.45, 2.75) is 33.1 Å². The minimum atomic E-state index is 0.0816. The van der Waals surface area contributed by atoms with Crippen molar-refractivity contribution in [2.24, 2.45) is 0 Å². The zero-order valence-corrected chi connectivity index (χ0v) is 9.55. The van der Waals surface area contributed by atoms with Crippen LogP contribution in [0.1, 0.15) is 46.8 Å². The molecular formula is C13H17NO. The summed E-state index contributed by atoms with van der Waals surface area (Å²) in [6.45, 7) is 7.28. The Bertz CT molecular complexity index is 407. The molecule has 2 nitrogen and oxygen atoms in total. The predicted octanol–water partition coefficient (Wildman–Crippen LogP) is 2.40. The molecule has 0 aliphatic carbocycles. The molecule has 0 fully saturated rings. The molecule has 0 bridgehead atoms. The van der Waals surface area contributed by atoms with E-state index in [0.29, 0.717) is 5.92 Å². The van der Waals surface area contributed by atoms with Crippen LogP contribution < -0.4 is 5.32 Å².